The second-order valence-electron chi connectivity index (χ2n) is 3.42. The van der Waals surface area contributed by atoms with Gasteiger partial charge in [-0.1, -0.05) is 0 Å². The predicted octanol–water partition coefficient (Wildman–Crippen LogP) is 1.96. The standard InChI is InChI=1S/C11H8N4O2/c1-8-13-4-5-14(8)11-6-9(7-12)2-3-10(11)15(16)17/h2-6H,1H3. The number of rotatable bonds is 2. The largest absolute Gasteiger partial charge is 0.298 e. The highest BCUT2D eigenvalue weighted by molar-refractivity contribution is 5.56. The van der Waals surface area contributed by atoms with Crippen LogP contribution in [0.4, 0.5) is 5.69 Å². The van der Waals surface area contributed by atoms with E-state index >= 15 is 0 Å². The number of hydrogen-bond donors (Lipinski definition) is 0. The molecule has 2 rings (SSSR count). The normalized spacial score (nSPS) is 9.88. The molecule has 1 aromatic carbocycles. The Labute approximate surface area is 96.9 Å². The number of nitriles is 1. The van der Waals surface area contributed by atoms with Crippen LogP contribution >= 0.6 is 0 Å². The summed E-state index contributed by atoms with van der Waals surface area (Å²) in [5.74, 6) is 0.628. The van der Waals surface area contributed by atoms with Gasteiger partial charge in [0.2, 0.25) is 0 Å². The number of nitro benzene ring substituents is 1. The third-order valence-corrected chi connectivity index (χ3v) is 2.39. The average Bonchev–Trinajstić information content (AvgIpc) is 2.74. The first-order valence-corrected chi connectivity index (χ1v) is 4.82. The van der Waals surface area contributed by atoms with Gasteiger partial charge in [-0.3, -0.25) is 14.7 Å². The number of benzene rings is 1. The number of nitro groups is 1. The van der Waals surface area contributed by atoms with Gasteiger partial charge in [0.1, 0.15) is 11.5 Å². The maximum atomic E-state index is 10.9. The zero-order chi connectivity index (χ0) is 12.4. The first kappa shape index (κ1) is 10.8. The van der Waals surface area contributed by atoms with Crippen LogP contribution in [0.15, 0.2) is 30.6 Å². The molecule has 0 aliphatic rings. The lowest BCUT2D eigenvalue weighted by Gasteiger charge is -2.06. The minimum absolute atomic E-state index is 0.0508. The molecule has 84 valence electrons. The molecule has 0 saturated heterocycles. The molecule has 1 heterocycles. The fourth-order valence-corrected chi connectivity index (χ4v) is 1.57. The lowest BCUT2D eigenvalue weighted by Crippen LogP contribution is -2.01. The Morgan fingerprint density at radius 1 is 1.53 bits per heavy atom. The Bertz CT molecular complexity index is 625. The van der Waals surface area contributed by atoms with E-state index in [4.69, 9.17) is 5.26 Å². The van der Waals surface area contributed by atoms with Gasteiger partial charge < -0.3 is 0 Å². The summed E-state index contributed by atoms with van der Waals surface area (Å²) < 4.78 is 1.58. The fourth-order valence-electron chi connectivity index (χ4n) is 1.57. The van der Waals surface area contributed by atoms with Gasteiger partial charge in [-0.25, -0.2) is 4.98 Å². The SMILES string of the molecule is Cc1nccn1-c1cc(C#N)ccc1[N+](=O)[O-]. The highest BCUT2D eigenvalue weighted by Crippen LogP contribution is 2.24. The number of aryl methyl sites for hydroxylation is 1. The van der Waals surface area contributed by atoms with E-state index in [1.807, 2.05) is 6.07 Å². The second kappa shape index (κ2) is 4.06. The molecule has 0 aliphatic carbocycles. The van der Waals surface area contributed by atoms with Crippen LogP contribution in [0.25, 0.3) is 5.69 Å². The van der Waals surface area contributed by atoms with Gasteiger partial charge in [0, 0.05) is 18.5 Å². The summed E-state index contributed by atoms with van der Waals surface area (Å²) in [6.07, 6.45) is 3.18. The van der Waals surface area contributed by atoms with Gasteiger partial charge in [-0.05, 0) is 19.1 Å². The van der Waals surface area contributed by atoms with E-state index in [-0.39, 0.29) is 5.69 Å². The van der Waals surface area contributed by atoms with E-state index < -0.39 is 4.92 Å². The summed E-state index contributed by atoms with van der Waals surface area (Å²) in [5.41, 5.74) is 0.674. The number of hydrogen-bond acceptors (Lipinski definition) is 4. The zero-order valence-corrected chi connectivity index (χ0v) is 8.99. The Morgan fingerprint density at radius 3 is 2.82 bits per heavy atom. The van der Waals surface area contributed by atoms with Crippen LogP contribution < -0.4 is 0 Å². The first-order valence-electron chi connectivity index (χ1n) is 4.82. The van der Waals surface area contributed by atoms with Gasteiger partial charge in [0.15, 0.2) is 0 Å². The Hall–Kier alpha value is -2.68. The highest BCUT2D eigenvalue weighted by atomic mass is 16.6. The molecule has 17 heavy (non-hydrogen) atoms. The maximum Gasteiger partial charge on any atom is 0.293 e. The summed E-state index contributed by atoms with van der Waals surface area (Å²) in [5, 5.41) is 19.7. The third-order valence-electron chi connectivity index (χ3n) is 2.39. The van der Waals surface area contributed by atoms with Gasteiger partial charge in [-0.2, -0.15) is 5.26 Å². The molecule has 0 bridgehead atoms. The molecule has 0 radical (unpaired) electrons. The first-order chi connectivity index (χ1) is 8.13. The van der Waals surface area contributed by atoms with Crippen molar-refractivity contribution in [2.45, 2.75) is 6.92 Å². The van der Waals surface area contributed by atoms with Crippen molar-refractivity contribution in [3.05, 3.63) is 52.1 Å². The van der Waals surface area contributed by atoms with Crippen LogP contribution in [0, 0.1) is 28.4 Å². The van der Waals surface area contributed by atoms with E-state index in [1.165, 1.54) is 18.2 Å². The molecular weight excluding hydrogens is 220 g/mol. The number of imidazole rings is 1. The monoisotopic (exact) mass is 228 g/mol. The van der Waals surface area contributed by atoms with Gasteiger partial charge in [0.05, 0.1) is 16.6 Å². The Kier molecular flexibility index (Phi) is 2.58. The smallest absolute Gasteiger partial charge is 0.293 e. The van der Waals surface area contributed by atoms with Crippen molar-refractivity contribution in [1.29, 1.82) is 5.26 Å². The van der Waals surface area contributed by atoms with Crippen LogP contribution in [0.3, 0.4) is 0 Å². The summed E-state index contributed by atoms with van der Waals surface area (Å²) in [6.45, 7) is 1.74. The minimum atomic E-state index is -0.476. The number of aromatic nitrogens is 2. The quantitative estimate of drug-likeness (QED) is 0.580. The molecule has 0 N–H and O–H groups in total. The van der Waals surface area contributed by atoms with E-state index in [2.05, 4.69) is 4.98 Å². The molecule has 0 aliphatic heterocycles. The summed E-state index contributed by atoms with van der Waals surface area (Å²) in [7, 11) is 0. The van der Waals surface area contributed by atoms with Crippen LogP contribution in [0.2, 0.25) is 0 Å². The molecule has 1 aromatic heterocycles. The van der Waals surface area contributed by atoms with Crippen molar-refractivity contribution >= 4 is 5.69 Å². The fraction of sp³-hybridized carbons (Fsp3) is 0.0909. The Morgan fingerprint density at radius 2 is 2.29 bits per heavy atom. The van der Waals surface area contributed by atoms with E-state index in [9.17, 15) is 10.1 Å². The van der Waals surface area contributed by atoms with Crippen molar-refractivity contribution < 1.29 is 4.92 Å². The maximum absolute atomic E-state index is 10.9. The van der Waals surface area contributed by atoms with Crippen molar-refractivity contribution in [2.24, 2.45) is 0 Å². The number of nitrogens with zero attached hydrogens (tertiary/aromatic N) is 4. The molecule has 0 amide bonds. The second-order valence-corrected chi connectivity index (χ2v) is 3.42. The Balaban J connectivity index is 2.70. The van der Waals surface area contributed by atoms with Gasteiger partial charge >= 0.3 is 0 Å². The molecule has 2 aromatic rings. The molecular formula is C11H8N4O2. The van der Waals surface area contributed by atoms with Gasteiger partial charge in [-0.15, -0.1) is 0 Å². The van der Waals surface area contributed by atoms with Crippen LogP contribution in [0.1, 0.15) is 11.4 Å². The topological polar surface area (TPSA) is 84.8 Å². The molecule has 0 spiro atoms. The highest BCUT2D eigenvalue weighted by Gasteiger charge is 2.16. The van der Waals surface area contributed by atoms with Crippen LogP contribution in [0.5, 0.6) is 0 Å². The van der Waals surface area contributed by atoms with Crippen LogP contribution in [-0.4, -0.2) is 14.5 Å². The molecule has 0 unspecified atom stereocenters. The molecule has 6 nitrogen and oxygen atoms in total. The van der Waals surface area contributed by atoms with Crippen molar-refractivity contribution in [2.75, 3.05) is 0 Å². The van der Waals surface area contributed by atoms with Crippen molar-refractivity contribution in [1.82, 2.24) is 9.55 Å². The minimum Gasteiger partial charge on any atom is -0.298 e. The summed E-state index contributed by atoms with van der Waals surface area (Å²) in [6, 6.07) is 6.19. The van der Waals surface area contributed by atoms with Gasteiger partial charge in [0.25, 0.3) is 5.69 Å². The summed E-state index contributed by atoms with van der Waals surface area (Å²) >= 11 is 0. The van der Waals surface area contributed by atoms with Crippen molar-refractivity contribution in [3.63, 3.8) is 0 Å². The van der Waals surface area contributed by atoms with E-state index in [0.29, 0.717) is 17.1 Å². The average molecular weight is 228 g/mol. The zero-order valence-electron chi connectivity index (χ0n) is 8.99. The molecule has 0 fully saturated rings. The lowest BCUT2D eigenvalue weighted by molar-refractivity contribution is -0.384. The third kappa shape index (κ3) is 1.86. The van der Waals surface area contributed by atoms with Crippen LogP contribution in [-0.2, 0) is 0 Å². The molecule has 0 saturated carbocycles. The van der Waals surface area contributed by atoms with E-state index in [0.717, 1.165) is 0 Å². The lowest BCUT2D eigenvalue weighted by atomic mass is 10.2. The van der Waals surface area contributed by atoms with Crippen molar-refractivity contribution in [3.8, 4) is 11.8 Å². The molecule has 0 atom stereocenters. The van der Waals surface area contributed by atoms with E-state index in [1.54, 1.807) is 23.9 Å². The summed E-state index contributed by atoms with van der Waals surface area (Å²) in [4.78, 5) is 14.4. The predicted molar refractivity (Wildman–Crippen MR) is 59.7 cm³/mol. The molecule has 6 heteroatoms.